The highest BCUT2D eigenvalue weighted by Crippen LogP contribution is 2.35. The topological polar surface area (TPSA) is 71.2 Å². The second kappa shape index (κ2) is 6.96. The first-order valence-corrected chi connectivity index (χ1v) is 9.20. The molecule has 1 aromatic heterocycles. The Balaban J connectivity index is 1.53. The van der Waals surface area contributed by atoms with Crippen molar-refractivity contribution < 1.29 is 9.90 Å². The number of likely N-dealkylation sites (tertiary alicyclic amines) is 1. The van der Waals surface area contributed by atoms with E-state index >= 15 is 0 Å². The van der Waals surface area contributed by atoms with E-state index in [-0.39, 0.29) is 29.8 Å². The van der Waals surface area contributed by atoms with Crippen molar-refractivity contribution in [1.82, 2.24) is 19.7 Å². The number of aromatic nitrogens is 3. The molecule has 1 saturated heterocycles. The Labute approximate surface area is 147 Å². The third kappa shape index (κ3) is 3.18. The van der Waals surface area contributed by atoms with Gasteiger partial charge in [-0.2, -0.15) is 0 Å². The molecular formula is C19H24N4O2. The molecule has 1 saturated carbocycles. The fraction of sp³-hybridized carbons (Fsp3) is 0.526. The Morgan fingerprint density at radius 3 is 2.68 bits per heavy atom. The molecule has 3 atom stereocenters. The summed E-state index contributed by atoms with van der Waals surface area (Å²) in [7, 11) is 0. The van der Waals surface area contributed by atoms with Crippen LogP contribution in [0.1, 0.15) is 49.1 Å². The van der Waals surface area contributed by atoms with Crippen LogP contribution in [0.2, 0.25) is 0 Å². The maximum absolute atomic E-state index is 13.0. The highest BCUT2D eigenvalue weighted by atomic mass is 16.3. The van der Waals surface area contributed by atoms with Gasteiger partial charge in [-0.25, -0.2) is 9.67 Å². The SMILES string of the molecule is O=C(c1ncn(-c2ccccc2)n1)N1CCCC1C1CCCCC1O. The molecule has 6 nitrogen and oxygen atoms in total. The lowest BCUT2D eigenvalue weighted by Gasteiger charge is -2.36. The third-order valence-corrected chi connectivity index (χ3v) is 5.54. The Morgan fingerprint density at radius 2 is 1.88 bits per heavy atom. The zero-order valence-electron chi connectivity index (χ0n) is 14.3. The van der Waals surface area contributed by atoms with Gasteiger partial charge in [0.15, 0.2) is 0 Å². The van der Waals surface area contributed by atoms with Gasteiger partial charge >= 0.3 is 0 Å². The number of rotatable bonds is 3. The van der Waals surface area contributed by atoms with Gasteiger partial charge in [-0.1, -0.05) is 31.0 Å². The predicted molar refractivity (Wildman–Crippen MR) is 93.4 cm³/mol. The van der Waals surface area contributed by atoms with E-state index in [0.717, 1.165) is 50.8 Å². The van der Waals surface area contributed by atoms with E-state index in [9.17, 15) is 9.90 Å². The molecule has 2 fully saturated rings. The van der Waals surface area contributed by atoms with Crippen molar-refractivity contribution in [3.8, 4) is 5.69 Å². The number of amides is 1. The Bertz CT molecular complexity index is 730. The molecule has 6 heteroatoms. The highest BCUT2D eigenvalue weighted by Gasteiger charge is 2.40. The molecule has 1 aromatic carbocycles. The number of para-hydroxylation sites is 1. The highest BCUT2D eigenvalue weighted by molar-refractivity contribution is 5.90. The molecule has 2 aliphatic rings. The summed E-state index contributed by atoms with van der Waals surface area (Å²) in [6.07, 6.45) is 7.32. The van der Waals surface area contributed by atoms with E-state index in [1.807, 2.05) is 35.2 Å². The summed E-state index contributed by atoms with van der Waals surface area (Å²) in [5, 5.41) is 14.8. The van der Waals surface area contributed by atoms with Gasteiger partial charge < -0.3 is 10.0 Å². The minimum Gasteiger partial charge on any atom is -0.393 e. The Hall–Kier alpha value is -2.21. The standard InChI is InChI=1S/C19H24N4O2/c24-17-11-5-4-9-15(17)16-10-6-12-22(16)19(25)18-20-13-23(21-18)14-7-2-1-3-8-14/h1-3,7-8,13,15-17,24H,4-6,9-12H2. The van der Waals surface area contributed by atoms with E-state index in [1.165, 1.54) is 0 Å². The number of nitrogens with zero attached hydrogens (tertiary/aromatic N) is 4. The van der Waals surface area contributed by atoms with E-state index in [0.29, 0.717) is 0 Å². The number of carbonyl (C=O) groups is 1. The lowest BCUT2D eigenvalue weighted by Crippen LogP contribution is -2.45. The van der Waals surface area contributed by atoms with Gasteiger partial charge in [-0.05, 0) is 37.8 Å². The molecule has 3 unspecified atom stereocenters. The van der Waals surface area contributed by atoms with Crippen LogP contribution >= 0.6 is 0 Å². The molecule has 2 aromatic rings. The van der Waals surface area contributed by atoms with Crippen LogP contribution in [0.4, 0.5) is 0 Å². The maximum Gasteiger partial charge on any atom is 0.293 e. The van der Waals surface area contributed by atoms with Crippen molar-refractivity contribution in [2.75, 3.05) is 6.54 Å². The van der Waals surface area contributed by atoms with E-state index < -0.39 is 0 Å². The second-order valence-corrected chi connectivity index (χ2v) is 7.07. The van der Waals surface area contributed by atoms with Crippen LogP contribution in [0, 0.1) is 5.92 Å². The van der Waals surface area contributed by atoms with Crippen molar-refractivity contribution in [2.45, 2.75) is 50.7 Å². The first-order valence-electron chi connectivity index (χ1n) is 9.20. The van der Waals surface area contributed by atoms with Gasteiger partial charge in [0.25, 0.3) is 5.91 Å². The number of hydrogen-bond donors (Lipinski definition) is 1. The van der Waals surface area contributed by atoms with Crippen LogP contribution in [0.5, 0.6) is 0 Å². The van der Waals surface area contributed by atoms with Gasteiger partial charge in [0.1, 0.15) is 6.33 Å². The molecule has 0 spiro atoms. The molecule has 4 rings (SSSR count). The first kappa shape index (κ1) is 16.3. The molecule has 132 valence electrons. The average molecular weight is 340 g/mol. The molecule has 0 radical (unpaired) electrons. The lowest BCUT2D eigenvalue weighted by molar-refractivity contribution is 0.0207. The number of hydrogen-bond acceptors (Lipinski definition) is 4. The third-order valence-electron chi connectivity index (χ3n) is 5.54. The monoisotopic (exact) mass is 340 g/mol. The average Bonchev–Trinajstić information content (AvgIpc) is 3.32. The van der Waals surface area contributed by atoms with Crippen molar-refractivity contribution in [3.05, 3.63) is 42.5 Å². The summed E-state index contributed by atoms with van der Waals surface area (Å²) < 4.78 is 1.63. The largest absolute Gasteiger partial charge is 0.393 e. The molecule has 1 amide bonds. The fourth-order valence-electron chi connectivity index (χ4n) is 4.27. The van der Waals surface area contributed by atoms with E-state index in [1.54, 1.807) is 11.0 Å². The second-order valence-electron chi connectivity index (χ2n) is 7.07. The summed E-state index contributed by atoms with van der Waals surface area (Å²) >= 11 is 0. The van der Waals surface area contributed by atoms with Crippen LogP contribution in [0.25, 0.3) is 5.69 Å². The zero-order chi connectivity index (χ0) is 17.2. The van der Waals surface area contributed by atoms with E-state index in [4.69, 9.17) is 0 Å². The molecule has 25 heavy (non-hydrogen) atoms. The van der Waals surface area contributed by atoms with Crippen LogP contribution in [0.15, 0.2) is 36.7 Å². The smallest absolute Gasteiger partial charge is 0.293 e. The van der Waals surface area contributed by atoms with Gasteiger partial charge in [0.2, 0.25) is 5.82 Å². The molecule has 2 heterocycles. The minimum absolute atomic E-state index is 0.116. The zero-order valence-corrected chi connectivity index (χ0v) is 14.3. The van der Waals surface area contributed by atoms with E-state index in [2.05, 4.69) is 10.1 Å². The maximum atomic E-state index is 13.0. The fourth-order valence-corrected chi connectivity index (χ4v) is 4.27. The molecule has 1 aliphatic carbocycles. The molecule has 1 N–H and O–H groups in total. The van der Waals surface area contributed by atoms with Crippen LogP contribution < -0.4 is 0 Å². The normalized spacial score (nSPS) is 26.8. The van der Waals surface area contributed by atoms with Crippen molar-refractivity contribution in [1.29, 1.82) is 0 Å². The lowest BCUT2D eigenvalue weighted by atomic mass is 9.80. The van der Waals surface area contributed by atoms with Gasteiger partial charge in [0.05, 0.1) is 11.8 Å². The van der Waals surface area contributed by atoms with Gasteiger partial charge in [-0.15, -0.1) is 5.10 Å². The Morgan fingerprint density at radius 1 is 1.08 bits per heavy atom. The quantitative estimate of drug-likeness (QED) is 0.931. The first-order chi connectivity index (χ1) is 12.2. The van der Waals surface area contributed by atoms with Gasteiger partial charge in [-0.3, -0.25) is 4.79 Å². The van der Waals surface area contributed by atoms with Crippen LogP contribution in [-0.4, -0.2) is 49.4 Å². The van der Waals surface area contributed by atoms with Crippen molar-refractivity contribution in [3.63, 3.8) is 0 Å². The molecule has 1 aliphatic heterocycles. The summed E-state index contributed by atoms with van der Waals surface area (Å²) in [6, 6.07) is 9.78. The minimum atomic E-state index is -0.290. The number of aliphatic hydroxyl groups excluding tert-OH is 1. The summed E-state index contributed by atoms with van der Waals surface area (Å²) in [4.78, 5) is 19.1. The van der Waals surface area contributed by atoms with Gasteiger partial charge in [0, 0.05) is 18.5 Å². The van der Waals surface area contributed by atoms with Crippen LogP contribution in [0.3, 0.4) is 0 Å². The van der Waals surface area contributed by atoms with Crippen molar-refractivity contribution >= 4 is 5.91 Å². The predicted octanol–water partition coefficient (Wildman–Crippen LogP) is 2.42. The summed E-state index contributed by atoms with van der Waals surface area (Å²) in [5.74, 6) is 0.312. The molecular weight excluding hydrogens is 316 g/mol. The number of carbonyl (C=O) groups excluding carboxylic acids is 1. The number of aliphatic hydroxyl groups is 1. The Kier molecular flexibility index (Phi) is 4.53. The van der Waals surface area contributed by atoms with Crippen LogP contribution in [-0.2, 0) is 0 Å². The van der Waals surface area contributed by atoms with Crippen molar-refractivity contribution in [2.24, 2.45) is 5.92 Å². The summed E-state index contributed by atoms with van der Waals surface area (Å²) in [5.41, 5.74) is 0.884. The summed E-state index contributed by atoms with van der Waals surface area (Å²) in [6.45, 7) is 0.729. The number of benzene rings is 1. The molecule has 0 bridgehead atoms.